The first-order chi connectivity index (χ1) is 6.43. The van der Waals surface area contributed by atoms with Gasteiger partial charge in [0.2, 0.25) is 0 Å². The number of hydrogen-bond donors (Lipinski definition) is 1. The number of rotatable bonds is 7. The van der Waals surface area contributed by atoms with Crippen molar-refractivity contribution in [2.45, 2.75) is 27.2 Å². The van der Waals surface area contributed by atoms with Gasteiger partial charge in [0.1, 0.15) is 9.84 Å². The van der Waals surface area contributed by atoms with Crippen LogP contribution >= 0.6 is 0 Å². The Bertz CT molecular complexity index is 235. The van der Waals surface area contributed by atoms with Crippen LogP contribution in [0.25, 0.3) is 0 Å². The zero-order valence-corrected chi connectivity index (χ0v) is 10.5. The van der Waals surface area contributed by atoms with Gasteiger partial charge in [-0.3, -0.25) is 0 Å². The van der Waals surface area contributed by atoms with E-state index in [1.54, 1.807) is 6.92 Å². The van der Waals surface area contributed by atoms with Crippen LogP contribution in [0.3, 0.4) is 0 Å². The summed E-state index contributed by atoms with van der Waals surface area (Å²) in [5, 5.41) is 3.11. The zero-order valence-electron chi connectivity index (χ0n) is 9.71. The molecule has 0 aromatic carbocycles. The van der Waals surface area contributed by atoms with Crippen molar-refractivity contribution < 1.29 is 8.42 Å². The summed E-state index contributed by atoms with van der Waals surface area (Å²) in [4.78, 5) is 0. The summed E-state index contributed by atoms with van der Waals surface area (Å²) in [7, 11) is -0.888. The van der Waals surface area contributed by atoms with E-state index in [9.17, 15) is 8.42 Å². The molecule has 0 saturated heterocycles. The smallest absolute Gasteiger partial charge is 0.150 e. The molecule has 0 heterocycles. The molecule has 4 heteroatoms. The van der Waals surface area contributed by atoms with Gasteiger partial charge in [-0.25, -0.2) is 8.42 Å². The van der Waals surface area contributed by atoms with E-state index in [1.807, 2.05) is 7.05 Å². The number of sulfone groups is 1. The summed E-state index contributed by atoms with van der Waals surface area (Å²) in [6.07, 6.45) is 0.773. The van der Waals surface area contributed by atoms with Gasteiger partial charge < -0.3 is 5.32 Å². The van der Waals surface area contributed by atoms with Gasteiger partial charge in [-0.2, -0.15) is 0 Å². The first kappa shape index (κ1) is 13.9. The number of nitrogens with one attached hydrogen (secondary N) is 1. The third kappa shape index (κ3) is 5.60. The topological polar surface area (TPSA) is 46.2 Å². The molecule has 1 atom stereocenters. The molecule has 1 unspecified atom stereocenters. The summed E-state index contributed by atoms with van der Waals surface area (Å²) in [6.45, 7) is 6.88. The van der Waals surface area contributed by atoms with E-state index in [2.05, 4.69) is 19.2 Å². The quantitative estimate of drug-likeness (QED) is 0.705. The fraction of sp³-hybridized carbons (Fsp3) is 1.00. The molecule has 0 bridgehead atoms. The average Bonchev–Trinajstić information content (AvgIpc) is 2.12. The molecule has 0 aromatic heterocycles. The lowest BCUT2D eigenvalue weighted by molar-refractivity contribution is 0.362. The molecule has 0 fully saturated rings. The second-order valence-corrected chi connectivity index (χ2v) is 6.56. The summed E-state index contributed by atoms with van der Waals surface area (Å²) in [5.74, 6) is 1.58. The van der Waals surface area contributed by atoms with E-state index in [-0.39, 0.29) is 5.75 Å². The average molecular weight is 221 g/mol. The van der Waals surface area contributed by atoms with Crippen molar-refractivity contribution in [3.63, 3.8) is 0 Å². The van der Waals surface area contributed by atoms with E-state index >= 15 is 0 Å². The van der Waals surface area contributed by atoms with Crippen molar-refractivity contribution in [2.24, 2.45) is 11.8 Å². The fourth-order valence-electron chi connectivity index (χ4n) is 1.41. The zero-order chi connectivity index (χ0) is 11.2. The van der Waals surface area contributed by atoms with Crippen molar-refractivity contribution >= 4 is 9.84 Å². The largest absolute Gasteiger partial charge is 0.319 e. The van der Waals surface area contributed by atoms with Gasteiger partial charge in [-0.05, 0) is 31.8 Å². The lowest BCUT2D eigenvalue weighted by atomic mass is 9.93. The minimum atomic E-state index is -2.79. The third-order valence-corrected chi connectivity index (χ3v) is 4.39. The Morgan fingerprint density at radius 3 is 2.21 bits per heavy atom. The normalized spacial score (nSPS) is 14.6. The number of hydrogen-bond acceptors (Lipinski definition) is 3. The Labute approximate surface area is 88.2 Å². The molecule has 86 valence electrons. The van der Waals surface area contributed by atoms with Crippen LogP contribution in [0.2, 0.25) is 0 Å². The maximum atomic E-state index is 11.3. The van der Waals surface area contributed by atoms with Crippen molar-refractivity contribution in [3.8, 4) is 0 Å². The molecule has 0 amide bonds. The first-order valence-electron chi connectivity index (χ1n) is 5.28. The van der Waals surface area contributed by atoms with Gasteiger partial charge in [0.25, 0.3) is 0 Å². The Kier molecular flexibility index (Phi) is 6.36. The van der Waals surface area contributed by atoms with Gasteiger partial charge in [0, 0.05) is 5.75 Å². The fourth-order valence-corrected chi connectivity index (χ4v) is 2.36. The van der Waals surface area contributed by atoms with Crippen LogP contribution in [-0.2, 0) is 9.84 Å². The SMILES string of the molecule is CCS(=O)(=O)CCC(CNC)C(C)C. The minimum Gasteiger partial charge on any atom is -0.319 e. The molecular formula is C10H23NO2S. The molecule has 0 rings (SSSR count). The van der Waals surface area contributed by atoms with Gasteiger partial charge in [0.05, 0.1) is 5.75 Å². The van der Waals surface area contributed by atoms with Gasteiger partial charge in [0.15, 0.2) is 0 Å². The van der Waals surface area contributed by atoms with Crippen molar-refractivity contribution in [1.29, 1.82) is 0 Å². The van der Waals surface area contributed by atoms with Crippen LogP contribution in [0.4, 0.5) is 0 Å². The Hall–Kier alpha value is -0.0900. The predicted octanol–water partition coefficient (Wildman–Crippen LogP) is 1.30. The molecule has 0 spiro atoms. The van der Waals surface area contributed by atoms with Gasteiger partial charge in [-0.15, -0.1) is 0 Å². The molecule has 0 radical (unpaired) electrons. The molecule has 0 aliphatic carbocycles. The lowest BCUT2D eigenvalue weighted by Crippen LogP contribution is -2.25. The highest BCUT2D eigenvalue weighted by molar-refractivity contribution is 7.91. The van der Waals surface area contributed by atoms with Crippen molar-refractivity contribution in [3.05, 3.63) is 0 Å². The van der Waals surface area contributed by atoms with E-state index in [4.69, 9.17) is 0 Å². The molecule has 0 aliphatic heterocycles. The monoisotopic (exact) mass is 221 g/mol. The predicted molar refractivity (Wildman–Crippen MR) is 61.2 cm³/mol. The molecule has 0 aromatic rings. The Balaban J connectivity index is 4.06. The van der Waals surface area contributed by atoms with Crippen LogP contribution in [0, 0.1) is 11.8 Å². The maximum absolute atomic E-state index is 11.3. The minimum absolute atomic E-state index is 0.261. The summed E-state index contributed by atoms with van der Waals surface area (Å²) in [5.41, 5.74) is 0. The third-order valence-electron chi connectivity index (χ3n) is 2.65. The van der Waals surface area contributed by atoms with Crippen LogP contribution < -0.4 is 5.32 Å². The lowest BCUT2D eigenvalue weighted by Gasteiger charge is -2.20. The van der Waals surface area contributed by atoms with Gasteiger partial charge in [-0.1, -0.05) is 20.8 Å². The van der Waals surface area contributed by atoms with E-state index in [0.29, 0.717) is 17.6 Å². The maximum Gasteiger partial charge on any atom is 0.150 e. The standard InChI is InChI=1S/C10H23NO2S/c1-5-14(12,13)7-6-10(8-11-4)9(2)3/h9-11H,5-8H2,1-4H3. The second-order valence-electron chi connectivity index (χ2n) is 4.09. The van der Waals surface area contributed by atoms with Crippen LogP contribution in [0.15, 0.2) is 0 Å². The molecule has 14 heavy (non-hydrogen) atoms. The van der Waals surface area contributed by atoms with Crippen molar-refractivity contribution in [1.82, 2.24) is 5.32 Å². The van der Waals surface area contributed by atoms with E-state index in [1.165, 1.54) is 0 Å². The highest BCUT2D eigenvalue weighted by Crippen LogP contribution is 2.15. The van der Waals surface area contributed by atoms with Crippen LogP contribution in [0.5, 0.6) is 0 Å². The molecule has 1 N–H and O–H groups in total. The van der Waals surface area contributed by atoms with Crippen molar-refractivity contribution in [2.75, 3.05) is 25.1 Å². The highest BCUT2D eigenvalue weighted by Gasteiger charge is 2.16. The molecule has 0 saturated carbocycles. The van der Waals surface area contributed by atoms with Crippen LogP contribution in [0.1, 0.15) is 27.2 Å². The van der Waals surface area contributed by atoms with Crippen LogP contribution in [-0.4, -0.2) is 33.5 Å². The highest BCUT2D eigenvalue weighted by atomic mass is 32.2. The van der Waals surface area contributed by atoms with E-state index < -0.39 is 9.84 Å². The summed E-state index contributed by atoms with van der Waals surface area (Å²) < 4.78 is 22.6. The Morgan fingerprint density at radius 2 is 1.86 bits per heavy atom. The van der Waals surface area contributed by atoms with E-state index in [0.717, 1.165) is 13.0 Å². The van der Waals surface area contributed by atoms with Gasteiger partial charge >= 0.3 is 0 Å². The molecule has 3 nitrogen and oxygen atoms in total. The molecular weight excluding hydrogens is 198 g/mol. The first-order valence-corrected chi connectivity index (χ1v) is 7.10. The molecule has 0 aliphatic rings. The summed E-state index contributed by atoms with van der Waals surface area (Å²) in [6, 6.07) is 0. The summed E-state index contributed by atoms with van der Waals surface area (Å²) >= 11 is 0. The Morgan fingerprint density at radius 1 is 1.29 bits per heavy atom. The second kappa shape index (κ2) is 6.40.